The monoisotopic (exact) mass is 480 g/mol. The average molecular weight is 481 g/mol. The number of aryl methyl sites for hydroxylation is 1. The molecule has 0 radical (unpaired) electrons. The van der Waals surface area contributed by atoms with Crippen molar-refractivity contribution in [1.29, 1.82) is 0 Å². The lowest BCUT2D eigenvalue weighted by atomic mass is 10.1. The fraction of sp³-hybridized carbons (Fsp3) is 0.160. The van der Waals surface area contributed by atoms with E-state index < -0.39 is 17.5 Å². The summed E-state index contributed by atoms with van der Waals surface area (Å²) < 4.78 is 34.4. The van der Waals surface area contributed by atoms with Gasteiger partial charge >= 0.3 is 0 Å². The highest BCUT2D eigenvalue weighted by Gasteiger charge is 2.17. The van der Waals surface area contributed by atoms with Crippen LogP contribution in [0.15, 0.2) is 78.0 Å². The number of anilines is 1. The summed E-state index contributed by atoms with van der Waals surface area (Å²) >= 11 is 1.18. The Balaban J connectivity index is 1.52. The van der Waals surface area contributed by atoms with Gasteiger partial charge in [0.05, 0.1) is 18.6 Å². The van der Waals surface area contributed by atoms with Crippen molar-refractivity contribution in [3.63, 3.8) is 0 Å². The summed E-state index contributed by atoms with van der Waals surface area (Å²) in [6, 6.07) is 20.4. The molecule has 0 aliphatic heterocycles. The van der Waals surface area contributed by atoms with Crippen LogP contribution >= 0.6 is 11.8 Å². The van der Waals surface area contributed by atoms with Crippen LogP contribution in [0.25, 0.3) is 11.4 Å². The molecule has 34 heavy (non-hydrogen) atoms. The number of thioether (sulfide) groups is 1. The molecule has 1 aromatic heterocycles. The van der Waals surface area contributed by atoms with Crippen molar-refractivity contribution < 1.29 is 18.3 Å². The Morgan fingerprint density at radius 3 is 2.53 bits per heavy atom. The van der Waals surface area contributed by atoms with Gasteiger partial charge in [0.25, 0.3) is 0 Å². The molecular formula is C25H22F2N4O2S. The summed E-state index contributed by atoms with van der Waals surface area (Å²) in [5.41, 5.74) is 1.82. The first kappa shape index (κ1) is 23.4. The minimum Gasteiger partial charge on any atom is -0.497 e. The number of carbonyl (C=O) groups excluding carboxylic acids is 1. The van der Waals surface area contributed by atoms with Gasteiger partial charge in [0, 0.05) is 18.2 Å². The quantitative estimate of drug-likeness (QED) is 0.333. The van der Waals surface area contributed by atoms with E-state index in [0.29, 0.717) is 17.5 Å². The second-order valence-corrected chi connectivity index (χ2v) is 8.33. The maximum atomic E-state index is 13.8. The van der Waals surface area contributed by atoms with Gasteiger partial charge in [-0.25, -0.2) is 8.78 Å². The number of hydrogen-bond acceptors (Lipinski definition) is 5. The topological polar surface area (TPSA) is 69.0 Å². The number of carbonyl (C=O) groups is 1. The van der Waals surface area contributed by atoms with Crippen LogP contribution in [0.5, 0.6) is 5.75 Å². The number of nitrogens with zero attached hydrogens (tertiary/aromatic N) is 3. The molecule has 0 atom stereocenters. The molecule has 6 nitrogen and oxygen atoms in total. The zero-order chi connectivity index (χ0) is 23.9. The van der Waals surface area contributed by atoms with Gasteiger partial charge in [-0.2, -0.15) is 0 Å². The van der Waals surface area contributed by atoms with Gasteiger partial charge in [0.1, 0.15) is 17.4 Å². The van der Waals surface area contributed by atoms with Crippen molar-refractivity contribution in [2.24, 2.45) is 0 Å². The third-order valence-electron chi connectivity index (χ3n) is 5.07. The molecule has 0 saturated carbocycles. The van der Waals surface area contributed by atoms with E-state index in [9.17, 15) is 13.6 Å². The van der Waals surface area contributed by atoms with E-state index in [2.05, 4.69) is 15.5 Å². The van der Waals surface area contributed by atoms with Crippen LogP contribution in [0.2, 0.25) is 0 Å². The summed E-state index contributed by atoms with van der Waals surface area (Å²) in [6.45, 7) is 0.598. The van der Waals surface area contributed by atoms with Crippen molar-refractivity contribution in [1.82, 2.24) is 14.8 Å². The van der Waals surface area contributed by atoms with E-state index in [1.807, 2.05) is 59.2 Å². The minimum atomic E-state index is -0.701. The molecule has 0 unspecified atom stereocenters. The van der Waals surface area contributed by atoms with Crippen LogP contribution in [-0.2, 0) is 17.8 Å². The van der Waals surface area contributed by atoms with E-state index in [0.717, 1.165) is 41.5 Å². The molecule has 1 amide bonds. The summed E-state index contributed by atoms with van der Waals surface area (Å²) in [5, 5.41) is 11.6. The molecule has 0 aliphatic rings. The van der Waals surface area contributed by atoms with E-state index in [1.54, 1.807) is 7.11 Å². The predicted octanol–water partition coefficient (Wildman–Crippen LogP) is 5.21. The number of aromatic nitrogens is 3. The molecule has 0 saturated heterocycles. The smallest absolute Gasteiger partial charge is 0.234 e. The van der Waals surface area contributed by atoms with Crippen molar-refractivity contribution >= 4 is 23.4 Å². The molecule has 4 aromatic rings. The Kier molecular flexibility index (Phi) is 7.54. The van der Waals surface area contributed by atoms with Gasteiger partial charge in [-0.05, 0) is 48.4 Å². The number of nitrogens with one attached hydrogen (secondary N) is 1. The number of benzene rings is 3. The molecular weight excluding hydrogens is 458 g/mol. The molecule has 1 heterocycles. The van der Waals surface area contributed by atoms with Crippen molar-refractivity contribution in [3.05, 3.63) is 90.0 Å². The van der Waals surface area contributed by atoms with E-state index in [1.165, 1.54) is 11.8 Å². The highest BCUT2D eigenvalue weighted by molar-refractivity contribution is 7.99. The Morgan fingerprint density at radius 2 is 1.79 bits per heavy atom. The van der Waals surface area contributed by atoms with Crippen LogP contribution in [0.1, 0.15) is 5.56 Å². The number of hydrogen-bond donors (Lipinski definition) is 1. The minimum absolute atomic E-state index is 0.0396. The second kappa shape index (κ2) is 10.9. The zero-order valence-electron chi connectivity index (χ0n) is 18.4. The van der Waals surface area contributed by atoms with Crippen LogP contribution in [-0.4, -0.2) is 33.5 Å². The Labute approximate surface area is 200 Å². The Bertz CT molecular complexity index is 1260. The number of ether oxygens (including phenoxy) is 1. The van der Waals surface area contributed by atoms with Crippen molar-refractivity contribution in [2.45, 2.75) is 18.1 Å². The predicted molar refractivity (Wildman–Crippen MR) is 128 cm³/mol. The number of amides is 1. The van der Waals surface area contributed by atoms with Crippen LogP contribution < -0.4 is 10.1 Å². The summed E-state index contributed by atoms with van der Waals surface area (Å²) in [6.07, 6.45) is 0.746. The number of rotatable bonds is 9. The number of halogens is 2. The summed E-state index contributed by atoms with van der Waals surface area (Å²) in [5.74, 6) is -0.449. The maximum Gasteiger partial charge on any atom is 0.234 e. The standard InChI is InChI=1S/C25H22F2N4O2S/c1-33-20-10-7-18(8-11-20)24-29-30-25(31(24)14-13-17-5-3-2-4-6-17)34-16-23(32)28-22-15-19(26)9-12-21(22)27/h2-12,15H,13-14,16H2,1H3,(H,28,32). The van der Waals surface area contributed by atoms with Crippen molar-refractivity contribution in [3.8, 4) is 17.1 Å². The normalized spacial score (nSPS) is 10.8. The van der Waals surface area contributed by atoms with Gasteiger partial charge < -0.3 is 14.6 Å². The first-order valence-electron chi connectivity index (χ1n) is 10.5. The summed E-state index contributed by atoms with van der Waals surface area (Å²) in [4.78, 5) is 12.4. The molecule has 3 aromatic carbocycles. The lowest BCUT2D eigenvalue weighted by molar-refractivity contribution is -0.113. The average Bonchev–Trinajstić information content (AvgIpc) is 3.27. The molecule has 0 aliphatic carbocycles. The van der Waals surface area contributed by atoms with Gasteiger partial charge in [-0.3, -0.25) is 4.79 Å². The fourth-order valence-electron chi connectivity index (χ4n) is 3.35. The van der Waals surface area contributed by atoms with Crippen molar-refractivity contribution in [2.75, 3.05) is 18.2 Å². The van der Waals surface area contributed by atoms with Crippen LogP contribution in [0, 0.1) is 11.6 Å². The highest BCUT2D eigenvalue weighted by atomic mass is 32.2. The van der Waals surface area contributed by atoms with Gasteiger partial charge in [0.15, 0.2) is 11.0 Å². The van der Waals surface area contributed by atoms with E-state index in [-0.39, 0.29) is 11.4 Å². The third kappa shape index (κ3) is 5.79. The van der Waals surface area contributed by atoms with E-state index in [4.69, 9.17) is 4.74 Å². The molecule has 4 rings (SSSR count). The molecule has 174 valence electrons. The van der Waals surface area contributed by atoms with Crippen LogP contribution in [0.3, 0.4) is 0 Å². The first-order chi connectivity index (χ1) is 16.5. The third-order valence-corrected chi connectivity index (χ3v) is 6.03. The van der Waals surface area contributed by atoms with Crippen LogP contribution in [0.4, 0.5) is 14.5 Å². The highest BCUT2D eigenvalue weighted by Crippen LogP contribution is 2.26. The molecule has 0 fully saturated rings. The molecule has 0 spiro atoms. The van der Waals surface area contributed by atoms with Gasteiger partial charge in [0.2, 0.25) is 5.91 Å². The number of methoxy groups -OCH3 is 1. The maximum absolute atomic E-state index is 13.8. The molecule has 9 heteroatoms. The Morgan fingerprint density at radius 1 is 1.03 bits per heavy atom. The lowest BCUT2D eigenvalue weighted by Gasteiger charge is -2.11. The second-order valence-electron chi connectivity index (χ2n) is 7.38. The van der Waals surface area contributed by atoms with Gasteiger partial charge in [-0.15, -0.1) is 10.2 Å². The first-order valence-corrected chi connectivity index (χ1v) is 11.5. The molecule has 1 N–H and O–H groups in total. The Hall–Kier alpha value is -3.72. The zero-order valence-corrected chi connectivity index (χ0v) is 19.2. The SMILES string of the molecule is COc1ccc(-c2nnc(SCC(=O)Nc3cc(F)ccc3F)n2CCc2ccccc2)cc1. The molecule has 0 bridgehead atoms. The fourth-order valence-corrected chi connectivity index (χ4v) is 4.11. The lowest BCUT2D eigenvalue weighted by Crippen LogP contribution is -2.16. The largest absolute Gasteiger partial charge is 0.497 e. The van der Waals surface area contributed by atoms with E-state index >= 15 is 0 Å². The summed E-state index contributed by atoms with van der Waals surface area (Å²) in [7, 11) is 1.60. The van der Waals surface area contributed by atoms with Gasteiger partial charge in [-0.1, -0.05) is 42.1 Å².